The van der Waals surface area contributed by atoms with Crippen molar-refractivity contribution in [3.05, 3.63) is 47.5 Å². The van der Waals surface area contributed by atoms with E-state index in [0.717, 1.165) is 77.2 Å². The largest absolute Gasteiger partial charge is 0.494 e. The molecule has 0 saturated carbocycles. The number of morpholine rings is 1. The van der Waals surface area contributed by atoms with Gasteiger partial charge in [0.1, 0.15) is 17.0 Å². The molecule has 0 bridgehead atoms. The maximum atomic E-state index is 13.5. The van der Waals surface area contributed by atoms with Crippen LogP contribution in [0.25, 0.3) is 10.2 Å². The summed E-state index contributed by atoms with van der Waals surface area (Å²) in [5.74, 6) is 1.59. The second-order valence-electron chi connectivity index (χ2n) is 8.37. The van der Waals surface area contributed by atoms with E-state index < -0.39 is 0 Å². The molecule has 0 spiro atoms. The second-order valence-corrected chi connectivity index (χ2v) is 9.34. The summed E-state index contributed by atoms with van der Waals surface area (Å²) in [5, 5.41) is 0.723. The lowest BCUT2D eigenvalue weighted by Crippen LogP contribution is -2.39. The van der Waals surface area contributed by atoms with Gasteiger partial charge < -0.3 is 14.2 Å². The van der Waals surface area contributed by atoms with Crippen LogP contribution in [0, 0.1) is 6.92 Å². The average molecular weight is 484 g/mol. The quantitative estimate of drug-likeness (QED) is 0.428. The zero-order valence-electron chi connectivity index (χ0n) is 20.2. The molecule has 8 heteroatoms. The standard InChI is InChI=1S/C26H33N3O4S/c1-4-33-21-9-7-20(8-10-21)18-23(30)29(13-5-12-28-14-16-32-17-15-28)26-27-24-22(31-3)11-6-19(2)25(24)34-26/h6-11H,4-5,12-18H2,1-3H3. The minimum absolute atomic E-state index is 0.0433. The van der Waals surface area contributed by atoms with Gasteiger partial charge in [0.05, 0.1) is 38.1 Å². The molecule has 0 N–H and O–H groups in total. The third kappa shape index (κ3) is 5.87. The van der Waals surface area contributed by atoms with Crippen LogP contribution in [0.1, 0.15) is 24.5 Å². The zero-order chi connectivity index (χ0) is 23.9. The van der Waals surface area contributed by atoms with Crippen molar-refractivity contribution in [3.8, 4) is 11.5 Å². The lowest BCUT2D eigenvalue weighted by Gasteiger charge is -2.27. The number of thiazole rings is 1. The first-order valence-electron chi connectivity index (χ1n) is 11.9. The van der Waals surface area contributed by atoms with Crippen LogP contribution >= 0.6 is 11.3 Å². The number of anilines is 1. The molecule has 0 aliphatic carbocycles. The first kappa shape index (κ1) is 24.4. The number of aromatic nitrogens is 1. The van der Waals surface area contributed by atoms with Gasteiger partial charge in [-0.05, 0) is 49.6 Å². The highest BCUT2D eigenvalue weighted by atomic mass is 32.1. The molecule has 2 heterocycles. The molecular weight excluding hydrogens is 450 g/mol. The number of rotatable bonds is 10. The van der Waals surface area contributed by atoms with Crippen molar-refractivity contribution in [3.63, 3.8) is 0 Å². The fourth-order valence-electron chi connectivity index (χ4n) is 4.12. The predicted octanol–water partition coefficient (Wildman–Crippen LogP) is 4.31. The number of aryl methyl sites for hydroxylation is 1. The van der Waals surface area contributed by atoms with Crippen molar-refractivity contribution >= 4 is 32.6 Å². The van der Waals surface area contributed by atoms with Crippen molar-refractivity contribution in [2.24, 2.45) is 0 Å². The lowest BCUT2D eigenvalue weighted by atomic mass is 10.1. The molecule has 1 aliphatic heterocycles. The highest BCUT2D eigenvalue weighted by molar-refractivity contribution is 7.22. The Morgan fingerprint density at radius 3 is 2.65 bits per heavy atom. The van der Waals surface area contributed by atoms with Gasteiger partial charge in [-0.25, -0.2) is 4.98 Å². The van der Waals surface area contributed by atoms with Gasteiger partial charge in [0.25, 0.3) is 0 Å². The molecule has 1 aromatic heterocycles. The van der Waals surface area contributed by atoms with E-state index in [2.05, 4.69) is 11.8 Å². The third-order valence-electron chi connectivity index (χ3n) is 5.99. The number of fused-ring (bicyclic) bond motifs is 1. The molecule has 2 aromatic carbocycles. The smallest absolute Gasteiger partial charge is 0.233 e. The Bertz CT molecular complexity index is 1090. The topological polar surface area (TPSA) is 64.1 Å². The number of ether oxygens (including phenoxy) is 3. The molecular formula is C26H33N3O4S. The highest BCUT2D eigenvalue weighted by Crippen LogP contribution is 2.36. The summed E-state index contributed by atoms with van der Waals surface area (Å²) in [6.07, 6.45) is 1.19. The number of carbonyl (C=O) groups excluding carboxylic acids is 1. The van der Waals surface area contributed by atoms with Crippen LogP contribution in [-0.2, 0) is 16.0 Å². The van der Waals surface area contributed by atoms with Gasteiger partial charge in [0, 0.05) is 26.2 Å². The first-order valence-corrected chi connectivity index (χ1v) is 12.7. The molecule has 3 aromatic rings. The van der Waals surface area contributed by atoms with E-state index in [-0.39, 0.29) is 5.91 Å². The van der Waals surface area contributed by atoms with E-state index in [1.54, 1.807) is 18.4 Å². The van der Waals surface area contributed by atoms with E-state index in [9.17, 15) is 4.79 Å². The minimum atomic E-state index is 0.0433. The monoisotopic (exact) mass is 483 g/mol. The maximum absolute atomic E-state index is 13.5. The molecule has 1 saturated heterocycles. The fourth-order valence-corrected chi connectivity index (χ4v) is 5.22. The number of amides is 1. The molecule has 7 nitrogen and oxygen atoms in total. The van der Waals surface area contributed by atoms with E-state index in [4.69, 9.17) is 19.2 Å². The second kappa shape index (κ2) is 11.6. The summed E-state index contributed by atoms with van der Waals surface area (Å²) in [5.41, 5.74) is 2.91. The van der Waals surface area contributed by atoms with Gasteiger partial charge in [-0.2, -0.15) is 0 Å². The molecule has 0 radical (unpaired) electrons. The summed E-state index contributed by atoms with van der Waals surface area (Å²) in [6.45, 7) is 9.63. The van der Waals surface area contributed by atoms with Crippen molar-refractivity contribution in [1.82, 2.24) is 9.88 Å². The number of carbonyl (C=O) groups is 1. The van der Waals surface area contributed by atoms with E-state index >= 15 is 0 Å². The molecule has 1 fully saturated rings. The summed E-state index contributed by atoms with van der Waals surface area (Å²) >= 11 is 1.56. The zero-order valence-corrected chi connectivity index (χ0v) is 21.0. The van der Waals surface area contributed by atoms with Gasteiger partial charge in [-0.1, -0.05) is 29.5 Å². The third-order valence-corrected chi connectivity index (χ3v) is 7.21. The number of hydrogen-bond acceptors (Lipinski definition) is 7. The molecule has 1 aliphatic rings. The summed E-state index contributed by atoms with van der Waals surface area (Å²) in [7, 11) is 1.65. The molecule has 1 amide bonds. The Balaban J connectivity index is 1.55. The van der Waals surface area contributed by atoms with Crippen molar-refractivity contribution in [2.75, 3.05) is 58.0 Å². The average Bonchev–Trinajstić information content (AvgIpc) is 3.30. The molecule has 0 unspecified atom stereocenters. The van der Waals surface area contributed by atoms with Crippen LogP contribution < -0.4 is 14.4 Å². The fraction of sp³-hybridized carbons (Fsp3) is 0.462. The normalized spacial score (nSPS) is 14.3. The Hall–Kier alpha value is -2.68. The SMILES string of the molecule is CCOc1ccc(CC(=O)N(CCCN2CCOCC2)c2nc3c(OC)ccc(C)c3s2)cc1. The van der Waals surface area contributed by atoms with Crippen LogP contribution in [0.4, 0.5) is 5.13 Å². The molecule has 34 heavy (non-hydrogen) atoms. The Kier molecular flexibility index (Phi) is 8.37. The molecule has 0 atom stereocenters. The van der Waals surface area contributed by atoms with Crippen molar-refractivity contribution < 1.29 is 19.0 Å². The summed E-state index contributed by atoms with van der Waals surface area (Å²) < 4.78 is 17.6. The van der Waals surface area contributed by atoms with Crippen LogP contribution in [0.15, 0.2) is 36.4 Å². The van der Waals surface area contributed by atoms with Crippen molar-refractivity contribution in [1.29, 1.82) is 0 Å². The summed E-state index contributed by atoms with van der Waals surface area (Å²) in [6, 6.07) is 11.7. The van der Waals surface area contributed by atoms with Crippen LogP contribution in [0.2, 0.25) is 0 Å². The highest BCUT2D eigenvalue weighted by Gasteiger charge is 2.22. The van der Waals surface area contributed by atoms with E-state index in [0.29, 0.717) is 19.6 Å². The Morgan fingerprint density at radius 1 is 1.18 bits per heavy atom. The Labute approximate surface area is 205 Å². The minimum Gasteiger partial charge on any atom is -0.494 e. The van der Waals surface area contributed by atoms with Gasteiger partial charge >= 0.3 is 0 Å². The molecule has 4 rings (SSSR count). The lowest BCUT2D eigenvalue weighted by molar-refractivity contribution is -0.118. The predicted molar refractivity (Wildman–Crippen MR) is 136 cm³/mol. The Morgan fingerprint density at radius 2 is 1.94 bits per heavy atom. The molecule has 182 valence electrons. The van der Waals surface area contributed by atoms with Gasteiger partial charge in [0.2, 0.25) is 5.91 Å². The van der Waals surface area contributed by atoms with Gasteiger partial charge in [-0.3, -0.25) is 14.6 Å². The van der Waals surface area contributed by atoms with E-state index in [1.165, 1.54) is 0 Å². The first-order chi connectivity index (χ1) is 16.6. The number of hydrogen-bond donors (Lipinski definition) is 0. The van der Waals surface area contributed by atoms with Crippen LogP contribution in [0.5, 0.6) is 11.5 Å². The number of methoxy groups -OCH3 is 1. The van der Waals surface area contributed by atoms with Gasteiger partial charge in [0.15, 0.2) is 5.13 Å². The van der Waals surface area contributed by atoms with Crippen LogP contribution in [-0.4, -0.2) is 68.9 Å². The number of benzene rings is 2. The van der Waals surface area contributed by atoms with Crippen LogP contribution in [0.3, 0.4) is 0 Å². The number of nitrogens with zero attached hydrogens (tertiary/aromatic N) is 3. The van der Waals surface area contributed by atoms with Gasteiger partial charge in [-0.15, -0.1) is 0 Å². The van der Waals surface area contributed by atoms with Crippen molar-refractivity contribution in [2.45, 2.75) is 26.7 Å². The summed E-state index contributed by atoms with van der Waals surface area (Å²) in [4.78, 5) is 22.6. The van der Waals surface area contributed by atoms with E-state index in [1.807, 2.05) is 48.2 Å². The maximum Gasteiger partial charge on any atom is 0.233 e.